The maximum absolute atomic E-state index is 11.9. The van der Waals surface area contributed by atoms with Crippen molar-refractivity contribution in [3.8, 4) is 0 Å². The molecular weight excluding hydrogens is 405 g/mol. The third-order valence-corrected chi connectivity index (χ3v) is 3.84. The van der Waals surface area contributed by atoms with Crippen molar-refractivity contribution in [2.24, 2.45) is 0 Å². The molecule has 0 saturated heterocycles. The van der Waals surface area contributed by atoms with Gasteiger partial charge in [-0.3, -0.25) is 4.79 Å². The molecule has 0 fully saturated rings. The first kappa shape index (κ1) is 22.5. The quantitative estimate of drug-likeness (QED) is 0.288. The summed E-state index contributed by atoms with van der Waals surface area (Å²) in [5.41, 5.74) is 1.12. The van der Waals surface area contributed by atoms with Gasteiger partial charge in [-0.15, -0.1) is 0 Å². The van der Waals surface area contributed by atoms with Crippen molar-refractivity contribution in [1.82, 2.24) is 4.90 Å². The Morgan fingerprint density at radius 3 is 2.19 bits per heavy atom. The van der Waals surface area contributed by atoms with Gasteiger partial charge in [-0.25, -0.2) is 9.59 Å². The normalized spacial score (nSPS) is 12.2. The summed E-state index contributed by atoms with van der Waals surface area (Å²) in [4.78, 5) is 36.6. The number of amides is 1. The summed E-state index contributed by atoms with van der Waals surface area (Å²) in [5, 5.41) is 0. The van der Waals surface area contributed by atoms with E-state index < -0.39 is 21.6 Å². The van der Waals surface area contributed by atoms with Crippen LogP contribution < -0.4 is 0 Å². The second-order valence-corrected chi connectivity index (χ2v) is 8.10. The second-order valence-electron chi connectivity index (χ2n) is 5.58. The number of halogens is 3. The van der Waals surface area contributed by atoms with Gasteiger partial charge in [0.1, 0.15) is 6.61 Å². The lowest BCUT2D eigenvalue weighted by atomic mass is 10.0. The summed E-state index contributed by atoms with van der Waals surface area (Å²) in [5.74, 6) is -1.58. The maximum Gasteiger partial charge on any atom is 0.409 e. The Morgan fingerprint density at radius 2 is 1.69 bits per heavy atom. The molecule has 0 bridgehead atoms. The van der Waals surface area contributed by atoms with Crippen molar-refractivity contribution in [2.45, 2.75) is 30.1 Å². The van der Waals surface area contributed by atoms with Crippen molar-refractivity contribution in [2.75, 3.05) is 20.3 Å². The Labute approximate surface area is 167 Å². The number of hydrogen-bond acceptors (Lipinski definition) is 5. The Hall–Kier alpha value is -1.50. The number of likely N-dealkylation sites (N-methyl/N-ethyl adjacent to an activating group) is 1. The van der Waals surface area contributed by atoms with E-state index in [0.29, 0.717) is 6.42 Å². The predicted octanol–water partition coefficient (Wildman–Crippen LogP) is 3.80. The predicted molar refractivity (Wildman–Crippen MR) is 100.0 cm³/mol. The first-order valence-corrected chi connectivity index (χ1v) is 8.95. The van der Waals surface area contributed by atoms with E-state index in [1.165, 1.54) is 4.90 Å². The fourth-order valence-electron chi connectivity index (χ4n) is 2.01. The van der Waals surface area contributed by atoms with Crippen LogP contribution in [-0.4, -0.2) is 52.8 Å². The molecule has 0 aliphatic carbocycles. The fourth-order valence-corrected chi connectivity index (χ4v) is 2.17. The van der Waals surface area contributed by atoms with Gasteiger partial charge in [0.2, 0.25) is 3.79 Å². The molecule has 0 aliphatic heterocycles. The third-order valence-electron chi connectivity index (χ3n) is 3.52. The lowest BCUT2D eigenvalue weighted by molar-refractivity contribution is -0.137. The van der Waals surface area contributed by atoms with Crippen molar-refractivity contribution >= 4 is 52.6 Å². The van der Waals surface area contributed by atoms with Gasteiger partial charge < -0.3 is 14.4 Å². The number of ketones is 1. The zero-order valence-electron chi connectivity index (χ0n) is 14.6. The molecular formula is C17H20Cl3NO5. The molecule has 1 unspecified atom stereocenters. The van der Waals surface area contributed by atoms with Crippen LogP contribution in [0.15, 0.2) is 24.3 Å². The summed E-state index contributed by atoms with van der Waals surface area (Å²) in [6, 6.07) is 6.31. The van der Waals surface area contributed by atoms with Gasteiger partial charge in [0.05, 0.1) is 6.61 Å². The maximum atomic E-state index is 11.9. The van der Waals surface area contributed by atoms with E-state index in [4.69, 9.17) is 39.5 Å². The summed E-state index contributed by atoms with van der Waals surface area (Å²) < 4.78 is 7.94. The highest BCUT2D eigenvalue weighted by atomic mass is 35.6. The summed E-state index contributed by atoms with van der Waals surface area (Å²) in [6.07, 6.45) is -0.106. The number of carbonyl (C=O) groups is 3. The molecule has 0 N–H and O–H groups in total. The summed E-state index contributed by atoms with van der Waals surface area (Å²) in [7, 11) is 1.57. The van der Waals surface area contributed by atoms with Gasteiger partial charge in [-0.2, -0.15) is 0 Å². The Bertz CT molecular complexity index is 643. The molecule has 0 heterocycles. The molecule has 26 heavy (non-hydrogen) atoms. The molecule has 1 rings (SSSR count). The minimum Gasteiger partial charge on any atom is -0.460 e. The van der Waals surface area contributed by atoms with Gasteiger partial charge in [0, 0.05) is 18.7 Å². The van der Waals surface area contributed by atoms with E-state index >= 15 is 0 Å². The van der Waals surface area contributed by atoms with Crippen molar-refractivity contribution in [3.63, 3.8) is 0 Å². The topological polar surface area (TPSA) is 72.9 Å². The summed E-state index contributed by atoms with van der Waals surface area (Å²) in [6.45, 7) is 3.25. The minimum absolute atomic E-state index is 0.140. The molecule has 0 aliphatic rings. The van der Waals surface area contributed by atoms with Crippen LogP contribution in [0.25, 0.3) is 0 Å². The zero-order chi connectivity index (χ0) is 19.9. The highest BCUT2D eigenvalue weighted by Gasteiger charge is 2.25. The van der Waals surface area contributed by atoms with E-state index in [9.17, 15) is 14.4 Å². The lowest BCUT2D eigenvalue weighted by Gasteiger charge is -2.25. The summed E-state index contributed by atoms with van der Waals surface area (Å²) >= 11 is 16.6. The molecule has 1 amide bonds. The molecule has 1 aromatic carbocycles. The largest absolute Gasteiger partial charge is 0.460 e. The van der Waals surface area contributed by atoms with E-state index in [1.807, 2.05) is 6.92 Å². The SMILES string of the molecule is CCOC(=O)C(=O)c1ccc(CC(C)N(C)C(=O)OCC(Cl)(Cl)Cl)cc1. The van der Waals surface area contributed by atoms with Gasteiger partial charge in [-0.1, -0.05) is 59.1 Å². The van der Waals surface area contributed by atoms with E-state index in [2.05, 4.69) is 4.74 Å². The van der Waals surface area contributed by atoms with E-state index in [0.717, 1.165) is 5.56 Å². The number of esters is 1. The number of hydrogen-bond donors (Lipinski definition) is 0. The van der Waals surface area contributed by atoms with Gasteiger partial charge in [-0.05, 0) is 25.8 Å². The molecule has 9 heteroatoms. The van der Waals surface area contributed by atoms with Gasteiger partial charge in [0.25, 0.3) is 5.78 Å². The van der Waals surface area contributed by atoms with Crippen molar-refractivity contribution in [1.29, 1.82) is 0 Å². The fraction of sp³-hybridized carbons (Fsp3) is 0.471. The number of nitrogens with zero attached hydrogens (tertiary/aromatic N) is 1. The molecule has 6 nitrogen and oxygen atoms in total. The number of Topliss-reactive ketones (excluding diaryl/α,β-unsaturated/α-hetero) is 1. The highest BCUT2D eigenvalue weighted by molar-refractivity contribution is 6.67. The van der Waals surface area contributed by atoms with Crippen LogP contribution in [0.1, 0.15) is 29.8 Å². The van der Waals surface area contributed by atoms with Crippen LogP contribution in [0, 0.1) is 0 Å². The third kappa shape index (κ3) is 7.40. The van der Waals surface area contributed by atoms with Crippen molar-refractivity contribution in [3.05, 3.63) is 35.4 Å². The smallest absolute Gasteiger partial charge is 0.409 e. The van der Waals surface area contributed by atoms with Crippen LogP contribution in [0.3, 0.4) is 0 Å². The average Bonchev–Trinajstić information content (AvgIpc) is 2.58. The van der Waals surface area contributed by atoms with Gasteiger partial charge >= 0.3 is 12.1 Å². The molecule has 144 valence electrons. The minimum atomic E-state index is -1.67. The number of carbonyl (C=O) groups excluding carboxylic acids is 3. The van der Waals surface area contributed by atoms with Crippen LogP contribution in [-0.2, 0) is 20.7 Å². The molecule has 0 saturated carbocycles. The molecule has 1 atom stereocenters. The number of alkyl halides is 3. The zero-order valence-corrected chi connectivity index (χ0v) is 16.9. The standard InChI is InChI=1S/C17H20Cl3NO5/c1-4-25-15(23)14(22)13-7-5-12(6-8-13)9-11(2)21(3)16(24)26-10-17(18,19)20/h5-8,11H,4,9-10H2,1-3H3. The highest BCUT2D eigenvalue weighted by Crippen LogP contribution is 2.26. The second kappa shape index (κ2) is 10.00. The molecule has 0 radical (unpaired) electrons. The Kier molecular flexibility index (Phi) is 8.67. The van der Waals surface area contributed by atoms with E-state index in [-0.39, 0.29) is 24.8 Å². The molecule has 1 aromatic rings. The number of rotatable bonds is 7. The van der Waals surface area contributed by atoms with Gasteiger partial charge in [0.15, 0.2) is 0 Å². The van der Waals surface area contributed by atoms with Crippen LogP contribution >= 0.6 is 34.8 Å². The first-order chi connectivity index (χ1) is 12.0. The first-order valence-electron chi connectivity index (χ1n) is 7.82. The van der Waals surface area contributed by atoms with E-state index in [1.54, 1.807) is 38.2 Å². The van der Waals surface area contributed by atoms with Crippen LogP contribution in [0.4, 0.5) is 4.79 Å². The molecule has 0 aromatic heterocycles. The van der Waals surface area contributed by atoms with Crippen LogP contribution in [0.5, 0.6) is 0 Å². The molecule has 0 spiro atoms. The number of benzene rings is 1. The Morgan fingerprint density at radius 1 is 1.12 bits per heavy atom. The average molecular weight is 425 g/mol. The number of ether oxygens (including phenoxy) is 2. The lowest BCUT2D eigenvalue weighted by Crippen LogP contribution is -2.38. The van der Waals surface area contributed by atoms with Crippen molar-refractivity contribution < 1.29 is 23.9 Å². The monoisotopic (exact) mass is 423 g/mol. The van der Waals surface area contributed by atoms with Crippen LogP contribution in [0.2, 0.25) is 0 Å². The Balaban J connectivity index is 2.64.